The summed E-state index contributed by atoms with van der Waals surface area (Å²) in [6, 6.07) is 9.48. The maximum Gasteiger partial charge on any atom is 0.327 e. The number of tetrazole rings is 1. The van der Waals surface area contributed by atoms with Crippen LogP contribution in [0.1, 0.15) is 55.1 Å². The summed E-state index contributed by atoms with van der Waals surface area (Å²) in [5, 5.41) is 13.1. The van der Waals surface area contributed by atoms with Gasteiger partial charge in [-0.1, -0.05) is 25.5 Å². The molecular formula is C26H32N6O4. The normalized spacial score (nSPS) is 12.5. The number of fused-ring (bicyclic) bond motifs is 1. The molecule has 0 bridgehead atoms. The highest BCUT2D eigenvalue weighted by molar-refractivity contribution is 5.82. The van der Waals surface area contributed by atoms with Gasteiger partial charge in [0.2, 0.25) is 0 Å². The predicted octanol–water partition coefficient (Wildman–Crippen LogP) is 3.69. The topological polar surface area (TPSA) is 119 Å². The molecule has 3 aromatic heterocycles. The second-order valence-electron chi connectivity index (χ2n) is 9.34. The molecule has 0 unspecified atom stereocenters. The van der Waals surface area contributed by atoms with Crippen LogP contribution in [0.25, 0.3) is 10.9 Å². The standard InChI is InChI=1S/C26H32N6O4/c1-6-35-22(33)15-32-25(28-29-30-32)24(16(2)3)31(14-21-8-7-9-36-21)13-20-12-19-11-17(4)10-18(5)23(19)27-26(20)34/h7-12,16,24H,6,13-15H2,1-5H3,(H,27,34)/t24-/m1/s1. The van der Waals surface area contributed by atoms with Crippen LogP contribution in [0.4, 0.5) is 0 Å². The van der Waals surface area contributed by atoms with E-state index in [0.29, 0.717) is 24.5 Å². The summed E-state index contributed by atoms with van der Waals surface area (Å²) >= 11 is 0. The molecule has 0 saturated carbocycles. The lowest BCUT2D eigenvalue weighted by molar-refractivity contribution is -0.144. The Balaban J connectivity index is 1.75. The van der Waals surface area contributed by atoms with Gasteiger partial charge in [0.25, 0.3) is 5.56 Å². The second-order valence-corrected chi connectivity index (χ2v) is 9.34. The van der Waals surface area contributed by atoms with Crippen molar-refractivity contribution in [3.63, 3.8) is 0 Å². The van der Waals surface area contributed by atoms with Crippen molar-refractivity contribution in [2.75, 3.05) is 6.61 Å². The molecule has 1 atom stereocenters. The lowest BCUT2D eigenvalue weighted by Gasteiger charge is -2.32. The van der Waals surface area contributed by atoms with Crippen molar-refractivity contribution in [1.29, 1.82) is 0 Å². The van der Waals surface area contributed by atoms with Crippen LogP contribution >= 0.6 is 0 Å². The Morgan fingerprint density at radius 1 is 1.22 bits per heavy atom. The van der Waals surface area contributed by atoms with Crippen molar-refractivity contribution in [3.8, 4) is 0 Å². The Bertz CT molecular complexity index is 1390. The van der Waals surface area contributed by atoms with Gasteiger partial charge in [0.15, 0.2) is 5.82 Å². The largest absolute Gasteiger partial charge is 0.468 e. The zero-order chi connectivity index (χ0) is 25.8. The van der Waals surface area contributed by atoms with Gasteiger partial charge < -0.3 is 14.1 Å². The highest BCUT2D eigenvalue weighted by Crippen LogP contribution is 2.30. The molecule has 10 heteroatoms. The molecule has 0 aliphatic heterocycles. The Hall–Kier alpha value is -3.79. The number of aromatic amines is 1. The number of hydrogen-bond donors (Lipinski definition) is 1. The zero-order valence-corrected chi connectivity index (χ0v) is 21.3. The Morgan fingerprint density at radius 2 is 2.03 bits per heavy atom. The fourth-order valence-corrected chi connectivity index (χ4v) is 4.67. The summed E-state index contributed by atoms with van der Waals surface area (Å²) in [6.45, 7) is 10.8. The number of furan rings is 1. The molecule has 4 rings (SSSR count). The summed E-state index contributed by atoms with van der Waals surface area (Å²) in [5.74, 6) is 0.904. The number of nitrogens with one attached hydrogen (secondary N) is 1. The number of carbonyl (C=O) groups is 1. The summed E-state index contributed by atoms with van der Waals surface area (Å²) in [4.78, 5) is 30.5. The van der Waals surface area contributed by atoms with Crippen LogP contribution in [0.3, 0.4) is 0 Å². The first-order valence-corrected chi connectivity index (χ1v) is 12.1. The number of rotatable bonds is 10. The van der Waals surface area contributed by atoms with E-state index in [1.165, 1.54) is 4.68 Å². The summed E-state index contributed by atoms with van der Waals surface area (Å²) < 4.78 is 12.2. The van der Waals surface area contributed by atoms with E-state index < -0.39 is 5.97 Å². The maximum absolute atomic E-state index is 13.2. The number of hydrogen-bond acceptors (Lipinski definition) is 8. The highest BCUT2D eigenvalue weighted by atomic mass is 16.5. The molecule has 0 aliphatic carbocycles. The van der Waals surface area contributed by atoms with Crippen molar-refractivity contribution < 1.29 is 13.9 Å². The maximum atomic E-state index is 13.2. The summed E-state index contributed by atoms with van der Waals surface area (Å²) in [5.41, 5.74) is 3.47. The summed E-state index contributed by atoms with van der Waals surface area (Å²) in [7, 11) is 0. The number of H-pyrrole nitrogens is 1. The minimum absolute atomic E-state index is 0.0518. The van der Waals surface area contributed by atoms with E-state index in [2.05, 4.69) is 51.4 Å². The quantitative estimate of drug-likeness (QED) is 0.333. The van der Waals surface area contributed by atoms with Crippen molar-refractivity contribution in [2.24, 2.45) is 5.92 Å². The van der Waals surface area contributed by atoms with Gasteiger partial charge in [-0.05, 0) is 72.3 Å². The Labute approximate surface area is 209 Å². The lowest BCUT2D eigenvalue weighted by Crippen LogP contribution is -2.35. The molecule has 0 spiro atoms. The van der Waals surface area contributed by atoms with E-state index in [4.69, 9.17) is 9.15 Å². The number of esters is 1. The minimum atomic E-state index is -0.414. The Morgan fingerprint density at radius 3 is 2.72 bits per heavy atom. The average molecular weight is 493 g/mol. The number of nitrogens with zero attached hydrogens (tertiary/aromatic N) is 5. The predicted molar refractivity (Wildman–Crippen MR) is 134 cm³/mol. The van der Waals surface area contributed by atoms with E-state index in [0.717, 1.165) is 27.8 Å². The van der Waals surface area contributed by atoms with Crippen molar-refractivity contribution in [2.45, 2.75) is 60.3 Å². The van der Waals surface area contributed by atoms with Gasteiger partial charge in [0.1, 0.15) is 12.3 Å². The molecule has 1 N–H and O–H groups in total. The van der Waals surface area contributed by atoms with Crippen molar-refractivity contribution >= 4 is 16.9 Å². The average Bonchev–Trinajstić information content (AvgIpc) is 3.47. The summed E-state index contributed by atoms with van der Waals surface area (Å²) in [6.07, 6.45) is 1.62. The zero-order valence-electron chi connectivity index (χ0n) is 21.3. The van der Waals surface area contributed by atoms with Gasteiger partial charge in [-0.2, -0.15) is 0 Å². The third-order valence-electron chi connectivity index (χ3n) is 6.12. The van der Waals surface area contributed by atoms with Crippen molar-refractivity contribution in [3.05, 3.63) is 75.2 Å². The SMILES string of the molecule is CCOC(=O)Cn1nnnc1[C@@H](C(C)C)N(Cc1ccco1)Cc1cc2cc(C)cc(C)c2[nH]c1=O. The molecule has 10 nitrogen and oxygen atoms in total. The number of aryl methyl sites for hydroxylation is 2. The van der Waals surface area contributed by atoms with E-state index in [1.807, 2.05) is 32.0 Å². The van der Waals surface area contributed by atoms with Gasteiger partial charge in [-0.25, -0.2) is 4.68 Å². The molecule has 1 aromatic carbocycles. The molecule has 0 amide bonds. The van der Waals surface area contributed by atoms with Crippen molar-refractivity contribution in [1.82, 2.24) is 30.1 Å². The molecule has 3 heterocycles. The van der Waals surface area contributed by atoms with Gasteiger partial charge in [0.05, 0.1) is 31.0 Å². The van der Waals surface area contributed by atoms with Crippen LogP contribution in [0.15, 0.2) is 45.8 Å². The van der Waals surface area contributed by atoms with Crippen LogP contribution in [0, 0.1) is 19.8 Å². The smallest absolute Gasteiger partial charge is 0.327 e. The van der Waals surface area contributed by atoms with Gasteiger partial charge >= 0.3 is 5.97 Å². The fraction of sp³-hybridized carbons (Fsp3) is 0.423. The first-order chi connectivity index (χ1) is 17.3. The number of aromatic nitrogens is 5. The first kappa shape index (κ1) is 25.3. The molecule has 190 valence electrons. The molecule has 0 aliphatic rings. The van der Waals surface area contributed by atoms with Crippen LogP contribution in [0.5, 0.6) is 0 Å². The van der Waals surface area contributed by atoms with E-state index in [9.17, 15) is 9.59 Å². The monoisotopic (exact) mass is 492 g/mol. The molecule has 4 aromatic rings. The molecular weight excluding hydrogens is 460 g/mol. The number of benzene rings is 1. The number of ether oxygens (including phenoxy) is 1. The van der Waals surface area contributed by atoms with E-state index >= 15 is 0 Å². The third kappa shape index (κ3) is 5.54. The highest BCUT2D eigenvalue weighted by Gasteiger charge is 2.31. The van der Waals surface area contributed by atoms with Crippen LogP contribution in [0.2, 0.25) is 0 Å². The van der Waals surface area contributed by atoms with Gasteiger partial charge in [0, 0.05) is 12.1 Å². The lowest BCUT2D eigenvalue weighted by atomic mass is 9.99. The third-order valence-corrected chi connectivity index (χ3v) is 6.12. The van der Waals surface area contributed by atoms with E-state index in [-0.39, 0.29) is 30.7 Å². The molecule has 0 fully saturated rings. The van der Waals surface area contributed by atoms with Gasteiger partial charge in [-0.3, -0.25) is 14.5 Å². The second kappa shape index (κ2) is 10.9. The first-order valence-electron chi connectivity index (χ1n) is 12.1. The molecule has 0 radical (unpaired) electrons. The fourth-order valence-electron chi connectivity index (χ4n) is 4.67. The van der Waals surface area contributed by atoms with E-state index in [1.54, 1.807) is 13.2 Å². The van der Waals surface area contributed by atoms with Crippen LogP contribution in [-0.2, 0) is 29.2 Å². The number of carbonyl (C=O) groups excluding carboxylic acids is 1. The van der Waals surface area contributed by atoms with Gasteiger partial charge in [-0.15, -0.1) is 5.10 Å². The molecule has 0 saturated heterocycles. The minimum Gasteiger partial charge on any atom is -0.468 e. The van der Waals surface area contributed by atoms with Crippen LogP contribution < -0.4 is 5.56 Å². The van der Waals surface area contributed by atoms with Crippen LogP contribution in [-0.4, -0.2) is 42.7 Å². The Kier molecular flexibility index (Phi) is 7.64. The number of pyridine rings is 1. The molecule has 36 heavy (non-hydrogen) atoms.